The van der Waals surface area contributed by atoms with Crippen LogP contribution in [0.3, 0.4) is 0 Å². The van der Waals surface area contributed by atoms with E-state index in [1.54, 1.807) is 23.1 Å². The van der Waals surface area contributed by atoms with Gasteiger partial charge < -0.3 is 15.5 Å². The smallest absolute Gasteiger partial charge is 0.254 e. The van der Waals surface area contributed by atoms with Crippen molar-refractivity contribution in [2.75, 3.05) is 18.4 Å². The highest BCUT2D eigenvalue weighted by Crippen LogP contribution is 2.21. The van der Waals surface area contributed by atoms with Crippen LogP contribution in [0, 0.1) is 17.7 Å². The fourth-order valence-corrected chi connectivity index (χ4v) is 3.73. The van der Waals surface area contributed by atoms with Gasteiger partial charge in [-0.2, -0.15) is 0 Å². The fourth-order valence-electron chi connectivity index (χ4n) is 3.61. The van der Waals surface area contributed by atoms with Crippen LogP contribution in [-0.4, -0.2) is 46.7 Å². The molecule has 1 atom stereocenters. The van der Waals surface area contributed by atoms with E-state index in [1.807, 2.05) is 13.8 Å². The largest absolute Gasteiger partial charge is 0.341 e. The first-order valence-electron chi connectivity index (χ1n) is 10.5. The molecule has 1 aliphatic heterocycles. The Labute approximate surface area is 191 Å². The molecule has 1 unspecified atom stereocenters. The van der Waals surface area contributed by atoms with Crippen molar-refractivity contribution in [3.05, 3.63) is 59.0 Å². The monoisotopic (exact) mass is 460 g/mol. The lowest BCUT2D eigenvalue weighted by Crippen LogP contribution is -2.53. The number of halogens is 2. The van der Waals surface area contributed by atoms with Crippen LogP contribution in [0.15, 0.2) is 42.6 Å². The van der Waals surface area contributed by atoms with Crippen LogP contribution in [0.4, 0.5) is 10.2 Å². The SMILES string of the molecule is CC(C)C(NC(=O)c1ccccc1F)C(=O)N1CCC(C(=O)Nc2ccc(Cl)cn2)CC1. The van der Waals surface area contributed by atoms with E-state index in [4.69, 9.17) is 11.6 Å². The summed E-state index contributed by atoms with van der Waals surface area (Å²) in [6, 6.07) is 8.14. The van der Waals surface area contributed by atoms with Crippen LogP contribution in [0.1, 0.15) is 37.0 Å². The Hall–Kier alpha value is -3.00. The van der Waals surface area contributed by atoms with Crippen LogP contribution in [0.25, 0.3) is 0 Å². The lowest BCUT2D eigenvalue weighted by Gasteiger charge is -2.35. The molecule has 32 heavy (non-hydrogen) atoms. The number of anilines is 1. The molecule has 1 aromatic carbocycles. The van der Waals surface area contributed by atoms with Gasteiger partial charge in [-0.1, -0.05) is 37.6 Å². The number of hydrogen-bond donors (Lipinski definition) is 2. The molecule has 7 nitrogen and oxygen atoms in total. The summed E-state index contributed by atoms with van der Waals surface area (Å²) in [5.74, 6) is -1.66. The van der Waals surface area contributed by atoms with Gasteiger partial charge in [-0.3, -0.25) is 14.4 Å². The number of rotatable bonds is 6. The Bertz CT molecular complexity index is 975. The molecule has 2 aromatic rings. The number of piperidine rings is 1. The quantitative estimate of drug-likeness (QED) is 0.690. The van der Waals surface area contributed by atoms with Crippen LogP contribution >= 0.6 is 11.6 Å². The lowest BCUT2D eigenvalue weighted by atomic mass is 9.94. The zero-order valence-electron chi connectivity index (χ0n) is 18.0. The van der Waals surface area contributed by atoms with Crippen LogP contribution in [-0.2, 0) is 9.59 Å². The number of pyridine rings is 1. The molecule has 0 spiro atoms. The number of nitrogens with zero attached hydrogens (tertiary/aromatic N) is 2. The van der Waals surface area contributed by atoms with Crippen molar-refractivity contribution in [3.63, 3.8) is 0 Å². The molecule has 1 aromatic heterocycles. The first-order chi connectivity index (χ1) is 15.3. The van der Waals surface area contributed by atoms with Gasteiger partial charge in [-0.25, -0.2) is 9.37 Å². The van der Waals surface area contributed by atoms with Gasteiger partial charge in [0, 0.05) is 25.2 Å². The average Bonchev–Trinajstić information content (AvgIpc) is 2.78. The number of carbonyl (C=O) groups is 3. The highest BCUT2D eigenvalue weighted by Gasteiger charge is 2.33. The van der Waals surface area contributed by atoms with E-state index in [0.29, 0.717) is 36.8 Å². The zero-order chi connectivity index (χ0) is 23.3. The number of likely N-dealkylation sites (tertiary alicyclic amines) is 1. The lowest BCUT2D eigenvalue weighted by molar-refractivity contribution is -0.137. The molecule has 1 aliphatic rings. The summed E-state index contributed by atoms with van der Waals surface area (Å²) in [6.07, 6.45) is 2.45. The molecule has 0 radical (unpaired) electrons. The third-order valence-corrected chi connectivity index (χ3v) is 5.72. The Morgan fingerprint density at radius 1 is 1.12 bits per heavy atom. The first-order valence-corrected chi connectivity index (χ1v) is 10.9. The highest BCUT2D eigenvalue weighted by atomic mass is 35.5. The molecular weight excluding hydrogens is 435 g/mol. The van der Waals surface area contributed by atoms with Gasteiger partial charge in [-0.15, -0.1) is 0 Å². The molecule has 1 saturated heterocycles. The Morgan fingerprint density at radius 3 is 2.41 bits per heavy atom. The summed E-state index contributed by atoms with van der Waals surface area (Å²) < 4.78 is 13.9. The molecule has 0 saturated carbocycles. The summed E-state index contributed by atoms with van der Waals surface area (Å²) in [7, 11) is 0. The van der Waals surface area contributed by atoms with E-state index in [1.165, 1.54) is 24.4 Å². The van der Waals surface area contributed by atoms with E-state index < -0.39 is 17.8 Å². The van der Waals surface area contributed by atoms with Crippen LogP contribution in [0.2, 0.25) is 5.02 Å². The number of hydrogen-bond acceptors (Lipinski definition) is 4. The zero-order valence-corrected chi connectivity index (χ0v) is 18.7. The summed E-state index contributed by atoms with van der Waals surface area (Å²) in [5, 5.41) is 5.93. The maximum atomic E-state index is 13.9. The first kappa shape index (κ1) is 23.7. The summed E-state index contributed by atoms with van der Waals surface area (Å²) in [4.78, 5) is 43.8. The number of benzene rings is 1. The second kappa shape index (κ2) is 10.5. The number of amides is 3. The van der Waals surface area contributed by atoms with Gasteiger partial charge in [0.15, 0.2) is 0 Å². The van der Waals surface area contributed by atoms with Crippen molar-refractivity contribution in [1.29, 1.82) is 0 Å². The highest BCUT2D eigenvalue weighted by molar-refractivity contribution is 6.30. The maximum absolute atomic E-state index is 13.9. The van der Waals surface area contributed by atoms with Crippen molar-refractivity contribution in [2.24, 2.45) is 11.8 Å². The predicted octanol–water partition coefficient (Wildman–Crippen LogP) is 3.51. The van der Waals surface area contributed by atoms with Gasteiger partial charge >= 0.3 is 0 Å². The summed E-state index contributed by atoms with van der Waals surface area (Å²) >= 11 is 5.81. The predicted molar refractivity (Wildman–Crippen MR) is 120 cm³/mol. The number of carbonyl (C=O) groups excluding carboxylic acids is 3. The minimum atomic E-state index is -0.786. The third-order valence-electron chi connectivity index (χ3n) is 5.49. The number of nitrogens with one attached hydrogen (secondary N) is 2. The van der Waals surface area contributed by atoms with Crippen LogP contribution in [0.5, 0.6) is 0 Å². The second-order valence-electron chi connectivity index (χ2n) is 8.13. The molecule has 3 rings (SSSR count). The molecular formula is C23H26ClFN4O3. The molecule has 0 aliphatic carbocycles. The third kappa shape index (κ3) is 5.82. The molecule has 2 N–H and O–H groups in total. The van der Waals surface area contributed by atoms with E-state index in [2.05, 4.69) is 15.6 Å². The molecule has 2 heterocycles. The van der Waals surface area contributed by atoms with Crippen molar-refractivity contribution >= 4 is 35.1 Å². The number of aromatic nitrogens is 1. The Kier molecular flexibility index (Phi) is 7.80. The Morgan fingerprint density at radius 2 is 1.81 bits per heavy atom. The van der Waals surface area contributed by atoms with Crippen molar-refractivity contribution in [3.8, 4) is 0 Å². The normalized spacial score (nSPS) is 15.3. The van der Waals surface area contributed by atoms with Crippen molar-refractivity contribution in [2.45, 2.75) is 32.7 Å². The maximum Gasteiger partial charge on any atom is 0.254 e. The van der Waals surface area contributed by atoms with Gasteiger partial charge in [0.05, 0.1) is 10.6 Å². The van der Waals surface area contributed by atoms with Gasteiger partial charge in [0.25, 0.3) is 5.91 Å². The van der Waals surface area contributed by atoms with E-state index >= 15 is 0 Å². The van der Waals surface area contributed by atoms with Crippen molar-refractivity contribution < 1.29 is 18.8 Å². The molecule has 3 amide bonds. The van der Waals surface area contributed by atoms with E-state index in [0.717, 1.165) is 0 Å². The second-order valence-corrected chi connectivity index (χ2v) is 8.56. The van der Waals surface area contributed by atoms with Crippen molar-refractivity contribution in [1.82, 2.24) is 15.2 Å². The fraction of sp³-hybridized carbons (Fsp3) is 0.391. The molecule has 170 valence electrons. The van der Waals surface area contributed by atoms with Gasteiger partial charge in [0.2, 0.25) is 11.8 Å². The summed E-state index contributed by atoms with van der Waals surface area (Å²) in [5.41, 5.74) is -0.0999. The Balaban J connectivity index is 1.57. The minimum Gasteiger partial charge on any atom is -0.341 e. The van der Waals surface area contributed by atoms with Crippen LogP contribution < -0.4 is 10.6 Å². The minimum absolute atomic E-state index is 0.0999. The van der Waals surface area contributed by atoms with E-state index in [-0.39, 0.29) is 29.2 Å². The molecule has 0 bridgehead atoms. The topological polar surface area (TPSA) is 91.4 Å². The average molecular weight is 461 g/mol. The molecule has 1 fully saturated rings. The van der Waals surface area contributed by atoms with Gasteiger partial charge in [0.1, 0.15) is 17.7 Å². The van der Waals surface area contributed by atoms with Gasteiger partial charge in [-0.05, 0) is 43.0 Å². The van der Waals surface area contributed by atoms with E-state index in [9.17, 15) is 18.8 Å². The summed E-state index contributed by atoms with van der Waals surface area (Å²) in [6.45, 7) is 4.43. The standard InChI is InChI=1S/C23H26ClFN4O3/c1-14(2)20(28-22(31)17-5-3-4-6-18(17)25)23(32)29-11-9-15(10-12-29)21(30)27-19-8-7-16(24)13-26-19/h3-8,13-15,20H,9-12H2,1-2H3,(H,28,31)(H,26,27,30). The molecule has 9 heteroatoms.